The van der Waals surface area contributed by atoms with Crippen LogP contribution in [0.3, 0.4) is 0 Å². The van der Waals surface area contributed by atoms with Crippen LogP contribution in [-0.2, 0) is 16.3 Å². The molecule has 0 aliphatic carbocycles. The van der Waals surface area contributed by atoms with Gasteiger partial charge in [0.15, 0.2) is 21.5 Å². The van der Waals surface area contributed by atoms with E-state index in [0.29, 0.717) is 28.2 Å². The second-order valence-corrected chi connectivity index (χ2v) is 8.86. The Kier molecular flexibility index (Phi) is 4.35. The van der Waals surface area contributed by atoms with E-state index < -0.39 is 39.4 Å². The lowest BCUT2D eigenvalue weighted by molar-refractivity contribution is 0.151. The maximum atomic E-state index is 14.3. The number of rotatable bonds is 2. The molecule has 0 bridgehead atoms. The van der Waals surface area contributed by atoms with Gasteiger partial charge >= 0.3 is 0 Å². The van der Waals surface area contributed by atoms with Crippen LogP contribution in [0.1, 0.15) is 17.2 Å². The van der Waals surface area contributed by atoms with Crippen LogP contribution in [-0.4, -0.2) is 20.7 Å². The number of hydrogen-bond acceptors (Lipinski definition) is 4. The maximum Gasteiger partial charge on any atom is 0.176 e. The van der Waals surface area contributed by atoms with Gasteiger partial charge in [0.2, 0.25) is 0 Å². The Hall–Kier alpha value is -2.58. The average molecular weight is 407 g/mol. The van der Waals surface area contributed by atoms with Crippen molar-refractivity contribution in [3.8, 4) is 5.75 Å². The van der Waals surface area contributed by atoms with Crippen molar-refractivity contribution in [1.29, 1.82) is 0 Å². The Labute approximate surface area is 159 Å². The summed E-state index contributed by atoms with van der Waals surface area (Å²) in [6.07, 6.45) is 0.255. The fourth-order valence-electron chi connectivity index (χ4n) is 3.59. The fraction of sp³-hybridized carbons (Fsp3) is 0.200. The number of halogens is 3. The zero-order chi connectivity index (χ0) is 20.2. The molecule has 146 valence electrons. The predicted octanol–water partition coefficient (Wildman–Crippen LogP) is 3.66. The normalized spacial score (nSPS) is 19.3. The summed E-state index contributed by atoms with van der Waals surface area (Å²) in [4.78, 5) is 0.148. The minimum Gasteiger partial charge on any atom is -0.483 e. The molecule has 1 heterocycles. The summed E-state index contributed by atoms with van der Waals surface area (Å²) >= 11 is 0. The van der Waals surface area contributed by atoms with Crippen LogP contribution in [0.25, 0.3) is 10.8 Å². The van der Waals surface area contributed by atoms with E-state index in [9.17, 15) is 21.6 Å². The number of hydrogen-bond donors (Lipinski definition) is 1. The summed E-state index contributed by atoms with van der Waals surface area (Å²) in [6.45, 7) is 0. The molecule has 28 heavy (non-hydrogen) atoms. The molecule has 4 nitrogen and oxygen atoms in total. The standard InChI is InChI=1S/C20H16F3NO3S/c1-28(25,26)18-7-10-6-17(24)20(13-8-15(22)16(23)9-14(13)21)27-19(10)12-5-3-2-4-11(12)18/h2-5,7-9,17,20H,6,24H2,1H3/t17-,20?/m0/s1. The van der Waals surface area contributed by atoms with E-state index in [2.05, 4.69) is 0 Å². The predicted molar refractivity (Wildman–Crippen MR) is 98.4 cm³/mol. The van der Waals surface area contributed by atoms with Crippen molar-refractivity contribution < 1.29 is 26.3 Å². The van der Waals surface area contributed by atoms with Crippen molar-refractivity contribution >= 4 is 20.6 Å². The molecule has 0 aromatic heterocycles. The van der Waals surface area contributed by atoms with Gasteiger partial charge in [-0.2, -0.15) is 0 Å². The van der Waals surface area contributed by atoms with Crippen molar-refractivity contribution in [3.63, 3.8) is 0 Å². The molecule has 0 radical (unpaired) electrons. The number of nitrogens with two attached hydrogens (primary N) is 1. The molecule has 2 N–H and O–H groups in total. The molecule has 0 amide bonds. The van der Waals surface area contributed by atoms with Crippen LogP contribution in [0.4, 0.5) is 13.2 Å². The van der Waals surface area contributed by atoms with E-state index in [0.717, 1.165) is 12.3 Å². The third-order valence-electron chi connectivity index (χ3n) is 4.87. The zero-order valence-corrected chi connectivity index (χ0v) is 15.6. The molecule has 0 spiro atoms. The summed E-state index contributed by atoms with van der Waals surface area (Å²) in [7, 11) is -3.51. The first-order chi connectivity index (χ1) is 13.2. The first-order valence-electron chi connectivity index (χ1n) is 8.48. The van der Waals surface area contributed by atoms with Gasteiger partial charge in [0.1, 0.15) is 17.7 Å². The first kappa shape index (κ1) is 18.8. The van der Waals surface area contributed by atoms with Gasteiger partial charge in [0.05, 0.1) is 10.9 Å². The highest BCUT2D eigenvalue weighted by molar-refractivity contribution is 7.91. The number of fused-ring (bicyclic) bond motifs is 3. The lowest BCUT2D eigenvalue weighted by Gasteiger charge is -2.33. The van der Waals surface area contributed by atoms with Gasteiger partial charge < -0.3 is 10.5 Å². The summed E-state index contributed by atoms with van der Waals surface area (Å²) in [5.74, 6) is -3.09. The Bertz CT molecular complexity index is 1210. The van der Waals surface area contributed by atoms with Crippen LogP contribution in [0.2, 0.25) is 0 Å². The molecule has 0 fully saturated rings. The number of sulfone groups is 1. The Balaban J connectivity index is 1.91. The molecule has 3 aromatic carbocycles. The summed E-state index contributed by atoms with van der Waals surface area (Å²) < 4.78 is 71.6. The number of ether oxygens (including phenoxy) is 1. The second-order valence-electron chi connectivity index (χ2n) is 6.87. The summed E-state index contributed by atoms with van der Waals surface area (Å²) in [5.41, 5.74) is 6.50. The Morgan fingerprint density at radius 3 is 2.32 bits per heavy atom. The van der Waals surface area contributed by atoms with Gasteiger partial charge in [-0.05, 0) is 24.1 Å². The van der Waals surface area contributed by atoms with E-state index in [-0.39, 0.29) is 16.9 Å². The van der Waals surface area contributed by atoms with Crippen molar-refractivity contribution in [3.05, 3.63) is 71.0 Å². The molecular formula is C20H16F3NO3S. The van der Waals surface area contributed by atoms with Gasteiger partial charge in [-0.25, -0.2) is 21.6 Å². The molecule has 0 saturated heterocycles. The van der Waals surface area contributed by atoms with Gasteiger partial charge in [0.25, 0.3) is 0 Å². The van der Waals surface area contributed by atoms with Gasteiger partial charge in [0, 0.05) is 28.7 Å². The van der Waals surface area contributed by atoms with E-state index >= 15 is 0 Å². The number of benzene rings is 3. The molecule has 1 aliphatic heterocycles. The fourth-order valence-corrected chi connectivity index (χ4v) is 4.53. The van der Waals surface area contributed by atoms with E-state index in [1.807, 2.05) is 0 Å². The topological polar surface area (TPSA) is 69.4 Å². The quantitative estimate of drug-likeness (QED) is 0.659. The van der Waals surface area contributed by atoms with Crippen LogP contribution in [0.5, 0.6) is 5.75 Å². The van der Waals surface area contributed by atoms with Crippen LogP contribution in [0.15, 0.2) is 47.4 Å². The van der Waals surface area contributed by atoms with Gasteiger partial charge in [-0.15, -0.1) is 0 Å². The highest BCUT2D eigenvalue weighted by Gasteiger charge is 2.33. The smallest absolute Gasteiger partial charge is 0.176 e. The second kappa shape index (κ2) is 6.49. The lowest BCUT2D eigenvalue weighted by atomic mass is 9.91. The zero-order valence-electron chi connectivity index (χ0n) is 14.7. The average Bonchev–Trinajstić information content (AvgIpc) is 2.63. The van der Waals surface area contributed by atoms with E-state index in [1.54, 1.807) is 24.3 Å². The van der Waals surface area contributed by atoms with Crippen LogP contribution in [0, 0.1) is 17.5 Å². The van der Waals surface area contributed by atoms with Crippen molar-refractivity contribution in [2.75, 3.05) is 6.26 Å². The molecular weight excluding hydrogens is 391 g/mol. The lowest BCUT2D eigenvalue weighted by Crippen LogP contribution is -2.38. The van der Waals surface area contributed by atoms with Crippen LogP contribution >= 0.6 is 0 Å². The third kappa shape index (κ3) is 3.02. The van der Waals surface area contributed by atoms with Gasteiger partial charge in [-0.3, -0.25) is 0 Å². The first-order valence-corrected chi connectivity index (χ1v) is 10.4. The summed E-state index contributed by atoms with van der Waals surface area (Å²) in [6, 6.07) is 8.69. The molecule has 3 aromatic rings. The Morgan fingerprint density at radius 2 is 1.64 bits per heavy atom. The summed E-state index contributed by atoms with van der Waals surface area (Å²) in [5, 5.41) is 0.990. The SMILES string of the molecule is CS(=O)(=O)c1cc2c(c3ccccc13)OC(c1cc(F)c(F)cc1F)[C@@H](N)C2. The van der Waals surface area contributed by atoms with Crippen molar-refractivity contribution in [1.82, 2.24) is 0 Å². The maximum absolute atomic E-state index is 14.3. The highest BCUT2D eigenvalue weighted by Crippen LogP contribution is 2.42. The minimum atomic E-state index is -3.51. The van der Waals surface area contributed by atoms with Crippen LogP contribution < -0.4 is 10.5 Å². The minimum absolute atomic E-state index is 0.148. The molecule has 2 atom stereocenters. The van der Waals surface area contributed by atoms with Gasteiger partial charge in [-0.1, -0.05) is 24.3 Å². The highest BCUT2D eigenvalue weighted by atomic mass is 32.2. The molecule has 4 rings (SSSR count). The van der Waals surface area contributed by atoms with E-state index in [4.69, 9.17) is 10.5 Å². The molecule has 1 aliphatic rings. The molecule has 8 heteroatoms. The van der Waals surface area contributed by atoms with E-state index in [1.165, 1.54) is 6.07 Å². The monoisotopic (exact) mass is 407 g/mol. The molecule has 0 saturated carbocycles. The largest absolute Gasteiger partial charge is 0.483 e. The third-order valence-corrected chi connectivity index (χ3v) is 6.01. The van der Waals surface area contributed by atoms with Crippen molar-refractivity contribution in [2.45, 2.75) is 23.5 Å². The Morgan fingerprint density at radius 1 is 1.00 bits per heavy atom. The molecule has 1 unspecified atom stereocenters. The van der Waals surface area contributed by atoms with Crippen molar-refractivity contribution in [2.24, 2.45) is 5.73 Å².